The van der Waals surface area contributed by atoms with Crippen LogP contribution in [0.2, 0.25) is 0 Å². The first-order chi connectivity index (χ1) is 5.76. The van der Waals surface area contributed by atoms with Gasteiger partial charge in [-0.15, -0.1) is 0 Å². The molecule has 12 heavy (non-hydrogen) atoms. The maximum Gasteiger partial charge on any atom is 0.146 e. The highest BCUT2D eigenvalue weighted by atomic mass is 16.3. The van der Waals surface area contributed by atoms with Crippen molar-refractivity contribution in [2.75, 3.05) is 26.2 Å². The molecule has 0 aliphatic carbocycles. The zero-order valence-electron chi connectivity index (χ0n) is 7.62. The molecule has 0 spiro atoms. The van der Waals surface area contributed by atoms with Crippen LogP contribution in [0.3, 0.4) is 0 Å². The van der Waals surface area contributed by atoms with Crippen molar-refractivity contribution in [1.29, 1.82) is 0 Å². The Balaban J connectivity index is 2.23. The Hall–Kier alpha value is -0.410. The van der Waals surface area contributed by atoms with Crippen molar-refractivity contribution in [2.24, 2.45) is 5.92 Å². The van der Waals surface area contributed by atoms with Crippen LogP contribution in [0.15, 0.2) is 0 Å². The fraction of sp³-hybridized carbons (Fsp3) is 0.889. The maximum atomic E-state index is 11.1. The van der Waals surface area contributed by atoms with Gasteiger partial charge in [-0.25, -0.2) is 0 Å². The Kier molecular flexibility index (Phi) is 3.69. The van der Waals surface area contributed by atoms with Crippen molar-refractivity contribution in [3.8, 4) is 0 Å². The standard InChI is InChI=1S/C9H17NO2/c1-2-9(12)6-10-4-3-8(5-10)7-11/h8,11H,2-7H2,1H3. The lowest BCUT2D eigenvalue weighted by Gasteiger charge is -2.13. The van der Waals surface area contributed by atoms with E-state index in [1.54, 1.807) is 0 Å². The maximum absolute atomic E-state index is 11.1. The Morgan fingerprint density at radius 1 is 1.67 bits per heavy atom. The summed E-state index contributed by atoms with van der Waals surface area (Å²) in [6, 6.07) is 0. The smallest absolute Gasteiger partial charge is 0.146 e. The van der Waals surface area contributed by atoms with Gasteiger partial charge in [-0.3, -0.25) is 9.69 Å². The molecule has 1 aliphatic rings. The predicted molar refractivity (Wildman–Crippen MR) is 46.9 cm³/mol. The van der Waals surface area contributed by atoms with E-state index in [4.69, 9.17) is 5.11 Å². The minimum absolute atomic E-state index is 0.261. The highest BCUT2D eigenvalue weighted by molar-refractivity contribution is 5.80. The number of carbonyl (C=O) groups is 1. The molecule has 3 heteroatoms. The molecule has 0 aromatic heterocycles. The molecular formula is C9H17NO2. The third-order valence-electron chi connectivity index (χ3n) is 2.42. The molecule has 1 fully saturated rings. The lowest BCUT2D eigenvalue weighted by Crippen LogP contribution is -2.27. The van der Waals surface area contributed by atoms with Crippen LogP contribution < -0.4 is 0 Å². The molecule has 1 unspecified atom stereocenters. The average Bonchev–Trinajstić information content (AvgIpc) is 2.52. The van der Waals surface area contributed by atoms with Gasteiger partial charge in [0.2, 0.25) is 0 Å². The number of ketones is 1. The van der Waals surface area contributed by atoms with E-state index in [0.717, 1.165) is 19.5 Å². The van der Waals surface area contributed by atoms with Gasteiger partial charge in [0.15, 0.2) is 0 Å². The van der Waals surface area contributed by atoms with Crippen LogP contribution in [0.25, 0.3) is 0 Å². The van der Waals surface area contributed by atoms with Gasteiger partial charge in [0.1, 0.15) is 5.78 Å². The minimum atomic E-state index is 0.261. The van der Waals surface area contributed by atoms with Gasteiger partial charge in [-0.05, 0) is 18.9 Å². The average molecular weight is 171 g/mol. The molecule has 1 atom stereocenters. The fourth-order valence-electron chi connectivity index (χ4n) is 1.57. The molecule has 0 amide bonds. The molecule has 0 bridgehead atoms. The number of Topliss-reactive ketones (excluding diaryl/α,β-unsaturated/α-hetero) is 1. The van der Waals surface area contributed by atoms with E-state index in [0.29, 0.717) is 24.7 Å². The molecule has 1 aliphatic heterocycles. The van der Waals surface area contributed by atoms with E-state index >= 15 is 0 Å². The van der Waals surface area contributed by atoms with Gasteiger partial charge >= 0.3 is 0 Å². The van der Waals surface area contributed by atoms with Crippen LogP contribution in [-0.4, -0.2) is 42.0 Å². The normalized spacial score (nSPS) is 24.7. The number of aliphatic hydroxyl groups excluding tert-OH is 1. The Morgan fingerprint density at radius 3 is 2.92 bits per heavy atom. The summed E-state index contributed by atoms with van der Waals surface area (Å²) in [4.78, 5) is 13.2. The molecule has 70 valence electrons. The first-order valence-electron chi connectivity index (χ1n) is 4.61. The van der Waals surface area contributed by atoms with Crippen molar-refractivity contribution in [3.05, 3.63) is 0 Å². The number of hydrogen-bond acceptors (Lipinski definition) is 3. The van der Waals surface area contributed by atoms with E-state index < -0.39 is 0 Å². The first-order valence-corrected chi connectivity index (χ1v) is 4.61. The number of rotatable bonds is 4. The van der Waals surface area contributed by atoms with Gasteiger partial charge in [0, 0.05) is 19.6 Å². The zero-order valence-corrected chi connectivity index (χ0v) is 7.62. The molecule has 0 radical (unpaired) electrons. The minimum Gasteiger partial charge on any atom is -0.396 e. The van der Waals surface area contributed by atoms with Crippen molar-refractivity contribution in [1.82, 2.24) is 4.90 Å². The SMILES string of the molecule is CCC(=O)CN1CCC(CO)C1. The Labute approximate surface area is 73.4 Å². The number of nitrogens with zero attached hydrogens (tertiary/aromatic N) is 1. The molecule has 3 nitrogen and oxygen atoms in total. The lowest BCUT2D eigenvalue weighted by atomic mass is 10.1. The third-order valence-corrected chi connectivity index (χ3v) is 2.42. The van der Waals surface area contributed by atoms with Crippen LogP contribution in [-0.2, 0) is 4.79 Å². The van der Waals surface area contributed by atoms with Crippen LogP contribution >= 0.6 is 0 Å². The second kappa shape index (κ2) is 4.58. The highest BCUT2D eigenvalue weighted by Crippen LogP contribution is 2.14. The zero-order chi connectivity index (χ0) is 8.97. The first kappa shape index (κ1) is 9.68. The summed E-state index contributed by atoms with van der Waals surface area (Å²) in [5.41, 5.74) is 0. The van der Waals surface area contributed by atoms with E-state index in [1.807, 2.05) is 6.92 Å². The lowest BCUT2D eigenvalue weighted by molar-refractivity contribution is -0.119. The monoisotopic (exact) mass is 171 g/mol. The number of likely N-dealkylation sites (tertiary alicyclic amines) is 1. The molecule has 1 heterocycles. The van der Waals surface area contributed by atoms with Crippen LogP contribution in [0.1, 0.15) is 19.8 Å². The molecule has 0 saturated carbocycles. The second-order valence-corrected chi connectivity index (χ2v) is 3.46. The third kappa shape index (κ3) is 2.57. The topological polar surface area (TPSA) is 40.5 Å². The van der Waals surface area contributed by atoms with E-state index in [1.165, 1.54) is 0 Å². The van der Waals surface area contributed by atoms with E-state index in [2.05, 4.69) is 4.90 Å². The summed E-state index contributed by atoms with van der Waals surface area (Å²) in [6.45, 7) is 4.59. The summed E-state index contributed by atoms with van der Waals surface area (Å²) in [5.74, 6) is 0.697. The molecule has 1 saturated heterocycles. The van der Waals surface area contributed by atoms with Crippen molar-refractivity contribution < 1.29 is 9.90 Å². The van der Waals surface area contributed by atoms with Gasteiger partial charge in [0.05, 0.1) is 6.54 Å². The summed E-state index contributed by atoms with van der Waals surface area (Å²) in [6.07, 6.45) is 1.66. The molecule has 0 aromatic carbocycles. The van der Waals surface area contributed by atoms with Gasteiger partial charge < -0.3 is 5.11 Å². The quantitative estimate of drug-likeness (QED) is 0.660. The van der Waals surface area contributed by atoms with Crippen LogP contribution in [0.5, 0.6) is 0 Å². The summed E-state index contributed by atoms with van der Waals surface area (Å²) in [7, 11) is 0. The summed E-state index contributed by atoms with van der Waals surface area (Å²) in [5, 5.41) is 8.86. The Bertz CT molecular complexity index is 159. The molecule has 1 N–H and O–H groups in total. The predicted octanol–water partition coefficient (Wildman–Crippen LogP) is 0.280. The molecular weight excluding hydrogens is 154 g/mol. The van der Waals surface area contributed by atoms with Gasteiger partial charge in [-0.2, -0.15) is 0 Å². The van der Waals surface area contributed by atoms with Crippen molar-refractivity contribution in [3.63, 3.8) is 0 Å². The van der Waals surface area contributed by atoms with Gasteiger partial charge in [-0.1, -0.05) is 6.92 Å². The van der Waals surface area contributed by atoms with E-state index in [9.17, 15) is 4.79 Å². The van der Waals surface area contributed by atoms with E-state index in [-0.39, 0.29) is 6.61 Å². The number of hydrogen-bond donors (Lipinski definition) is 1. The van der Waals surface area contributed by atoms with Crippen molar-refractivity contribution in [2.45, 2.75) is 19.8 Å². The summed E-state index contributed by atoms with van der Waals surface area (Å²) >= 11 is 0. The second-order valence-electron chi connectivity index (χ2n) is 3.46. The van der Waals surface area contributed by atoms with Gasteiger partial charge in [0.25, 0.3) is 0 Å². The van der Waals surface area contributed by atoms with Crippen LogP contribution in [0.4, 0.5) is 0 Å². The fourth-order valence-corrected chi connectivity index (χ4v) is 1.57. The van der Waals surface area contributed by atoms with Crippen LogP contribution in [0, 0.1) is 5.92 Å². The largest absolute Gasteiger partial charge is 0.396 e. The summed E-state index contributed by atoms with van der Waals surface area (Å²) < 4.78 is 0. The molecule has 1 rings (SSSR count). The number of carbonyl (C=O) groups excluding carboxylic acids is 1. The highest BCUT2D eigenvalue weighted by Gasteiger charge is 2.22. The molecule has 0 aromatic rings. The van der Waals surface area contributed by atoms with Crippen molar-refractivity contribution >= 4 is 5.78 Å². The Morgan fingerprint density at radius 2 is 2.42 bits per heavy atom. The number of aliphatic hydroxyl groups is 1.